The topological polar surface area (TPSA) is 73.8 Å². The number of amidine groups is 1. The van der Waals surface area contributed by atoms with E-state index in [4.69, 9.17) is 0 Å². The average molecular weight is 264 g/mol. The van der Waals surface area contributed by atoms with Gasteiger partial charge in [0.1, 0.15) is 11.3 Å². The zero-order valence-corrected chi connectivity index (χ0v) is 11.1. The number of hydrogen-bond acceptors (Lipinski definition) is 4. The number of nitrogens with zero attached hydrogens (tertiary/aromatic N) is 2. The second kappa shape index (κ2) is 5.02. The molecule has 0 radical (unpaired) electrons. The Bertz CT molecular complexity index is 420. The van der Waals surface area contributed by atoms with Crippen LogP contribution in [-0.4, -0.2) is 55.3 Å². The van der Waals surface area contributed by atoms with Crippen molar-refractivity contribution in [1.29, 1.82) is 0 Å². The molecule has 2 heterocycles. The van der Waals surface area contributed by atoms with E-state index in [-0.39, 0.29) is 11.8 Å². The summed E-state index contributed by atoms with van der Waals surface area (Å²) < 4.78 is 0. The van der Waals surface area contributed by atoms with Crippen LogP contribution < -0.4 is 10.6 Å². The molecule has 1 saturated heterocycles. The predicted octanol–water partition coefficient (Wildman–Crippen LogP) is -0.493. The summed E-state index contributed by atoms with van der Waals surface area (Å²) in [6.07, 6.45) is 3.20. The van der Waals surface area contributed by atoms with Gasteiger partial charge in [-0.3, -0.25) is 14.5 Å². The Balaban J connectivity index is 1.71. The Hall–Kier alpha value is -1.27. The number of aliphatic imine (C=N–C) groups is 1. The molecule has 19 heavy (non-hydrogen) atoms. The molecule has 1 aliphatic carbocycles. The van der Waals surface area contributed by atoms with Gasteiger partial charge in [0.25, 0.3) is 5.91 Å². The van der Waals surface area contributed by atoms with Gasteiger partial charge in [0.2, 0.25) is 5.91 Å². The normalized spacial score (nSPS) is 27.5. The largest absolute Gasteiger partial charge is 0.314 e. The molecule has 0 aromatic rings. The number of nitrogens with one attached hydrogen (secondary N) is 2. The summed E-state index contributed by atoms with van der Waals surface area (Å²) in [6, 6.07) is 0. The summed E-state index contributed by atoms with van der Waals surface area (Å²) in [6.45, 7) is 4.30. The standard InChI is InChI=1S/C13H20N4O2/c18-11-13(3-1-2-4-13)12(19)16-10(15-11)9-17-7-5-14-6-8-17/h14H,1-9H2,(H,15,16,18,19). The van der Waals surface area contributed by atoms with Gasteiger partial charge in [0, 0.05) is 26.2 Å². The fraction of sp³-hybridized carbons (Fsp3) is 0.769. The van der Waals surface area contributed by atoms with E-state index >= 15 is 0 Å². The molecule has 1 spiro atoms. The van der Waals surface area contributed by atoms with Crippen molar-refractivity contribution in [2.75, 3.05) is 32.7 Å². The van der Waals surface area contributed by atoms with Crippen LogP contribution in [0.5, 0.6) is 0 Å². The highest BCUT2D eigenvalue weighted by atomic mass is 16.2. The van der Waals surface area contributed by atoms with E-state index in [9.17, 15) is 9.59 Å². The lowest BCUT2D eigenvalue weighted by Crippen LogP contribution is -2.55. The van der Waals surface area contributed by atoms with Crippen LogP contribution >= 0.6 is 0 Å². The van der Waals surface area contributed by atoms with Gasteiger partial charge in [-0.15, -0.1) is 0 Å². The van der Waals surface area contributed by atoms with E-state index in [0.717, 1.165) is 39.0 Å². The molecule has 2 aliphatic heterocycles. The van der Waals surface area contributed by atoms with Crippen LogP contribution in [0.2, 0.25) is 0 Å². The van der Waals surface area contributed by atoms with Crippen LogP contribution in [0, 0.1) is 5.41 Å². The Labute approximate surface area is 112 Å². The number of hydrogen-bond donors (Lipinski definition) is 2. The van der Waals surface area contributed by atoms with Crippen molar-refractivity contribution in [3.8, 4) is 0 Å². The van der Waals surface area contributed by atoms with Crippen LogP contribution in [0.15, 0.2) is 4.99 Å². The highest BCUT2D eigenvalue weighted by Crippen LogP contribution is 2.40. The molecule has 2 N–H and O–H groups in total. The first-order valence-electron chi connectivity index (χ1n) is 7.07. The first kappa shape index (κ1) is 12.7. The molecular formula is C13H20N4O2. The molecule has 0 bridgehead atoms. The molecule has 2 fully saturated rings. The smallest absolute Gasteiger partial charge is 0.263 e. The lowest BCUT2D eigenvalue weighted by molar-refractivity contribution is -0.141. The van der Waals surface area contributed by atoms with Crippen molar-refractivity contribution in [2.24, 2.45) is 10.4 Å². The first-order valence-corrected chi connectivity index (χ1v) is 7.07. The van der Waals surface area contributed by atoms with Crippen molar-refractivity contribution in [2.45, 2.75) is 25.7 Å². The SMILES string of the molecule is O=C1N=C(CN2CCNCC2)NC(=O)C12CCCC2. The molecule has 3 aliphatic rings. The minimum absolute atomic E-state index is 0.130. The summed E-state index contributed by atoms with van der Waals surface area (Å²) in [5, 5.41) is 6.13. The van der Waals surface area contributed by atoms with E-state index in [1.54, 1.807) is 0 Å². The minimum atomic E-state index is -0.840. The highest BCUT2D eigenvalue weighted by Gasteiger charge is 2.50. The van der Waals surface area contributed by atoms with Crippen LogP contribution in [0.3, 0.4) is 0 Å². The average Bonchev–Trinajstić information content (AvgIpc) is 2.88. The van der Waals surface area contributed by atoms with E-state index in [0.29, 0.717) is 25.2 Å². The van der Waals surface area contributed by atoms with Crippen molar-refractivity contribution >= 4 is 17.6 Å². The Morgan fingerprint density at radius 1 is 1.16 bits per heavy atom. The summed E-state index contributed by atoms with van der Waals surface area (Å²) in [4.78, 5) is 30.8. The zero-order valence-electron chi connectivity index (χ0n) is 11.1. The molecule has 6 heteroatoms. The van der Waals surface area contributed by atoms with Gasteiger partial charge in [-0.1, -0.05) is 12.8 Å². The van der Waals surface area contributed by atoms with Gasteiger partial charge >= 0.3 is 0 Å². The summed E-state index contributed by atoms with van der Waals surface area (Å²) in [5.41, 5.74) is -0.840. The Morgan fingerprint density at radius 2 is 1.84 bits per heavy atom. The second-order valence-electron chi connectivity index (χ2n) is 5.63. The predicted molar refractivity (Wildman–Crippen MR) is 70.8 cm³/mol. The molecule has 0 aromatic carbocycles. The molecule has 6 nitrogen and oxygen atoms in total. The summed E-state index contributed by atoms with van der Waals surface area (Å²) in [7, 11) is 0. The third kappa shape index (κ3) is 2.30. The van der Waals surface area contributed by atoms with Gasteiger partial charge < -0.3 is 10.6 Å². The van der Waals surface area contributed by atoms with Gasteiger partial charge in [-0.05, 0) is 12.8 Å². The van der Waals surface area contributed by atoms with Crippen LogP contribution in [0.4, 0.5) is 0 Å². The molecule has 0 aromatic heterocycles. The monoisotopic (exact) mass is 264 g/mol. The zero-order chi connectivity index (χ0) is 13.3. The molecule has 0 atom stereocenters. The molecule has 1 saturated carbocycles. The fourth-order valence-corrected chi connectivity index (χ4v) is 3.18. The van der Waals surface area contributed by atoms with E-state index < -0.39 is 5.41 Å². The Kier molecular flexibility index (Phi) is 3.36. The van der Waals surface area contributed by atoms with Crippen LogP contribution in [-0.2, 0) is 9.59 Å². The van der Waals surface area contributed by atoms with Crippen molar-refractivity contribution in [3.05, 3.63) is 0 Å². The van der Waals surface area contributed by atoms with Crippen molar-refractivity contribution in [3.63, 3.8) is 0 Å². The summed E-state index contributed by atoms with van der Waals surface area (Å²) in [5.74, 6) is 0.170. The second-order valence-corrected chi connectivity index (χ2v) is 5.63. The number of rotatable bonds is 2. The number of amides is 2. The van der Waals surface area contributed by atoms with E-state index in [1.165, 1.54) is 0 Å². The highest BCUT2D eigenvalue weighted by molar-refractivity contribution is 6.19. The first-order chi connectivity index (χ1) is 9.21. The quantitative estimate of drug-likeness (QED) is 0.660. The molecule has 104 valence electrons. The molecular weight excluding hydrogens is 244 g/mol. The number of piperazine rings is 1. The number of carbonyl (C=O) groups is 2. The minimum Gasteiger partial charge on any atom is -0.314 e. The van der Waals surface area contributed by atoms with Gasteiger partial charge in [-0.25, -0.2) is 0 Å². The molecule has 2 amide bonds. The Morgan fingerprint density at radius 3 is 2.47 bits per heavy atom. The maximum atomic E-state index is 12.2. The molecule has 3 rings (SSSR count). The van der Waals surface area contributed by atoms with Crippen LogP contribution in [0.25, 0.3) is 0 Å². The summed E-state index contributed by atoms with van der Waals surface area (Å²) >= 11 is 0. The number of carbonyl (C=O) groups excluding carboxylic acids is 2. The van der Waals surface area contributed by atoms with Crippen LogP contribution in [0.1, 0.15) is 25.7 Å². The van der Waals surface area contributed by atoms with Gasteiger partial charge in [-0.2, -0.15) is 4.99 Å². The van der Waals surface area contributed by atoms with E-state index in [2.05, 4.69) is 20.5 Å². The lowest BCUT2D eigenvalue weighted by atomic mass is 9.83. The maximum absolute atomic E-state index is 12.2. The molecule has 0 unspecified atom stereocenters. The van der Waals surface area contributed by atoms with Crippen molar-refractivity contribution in [1.82, 2.24) is 15.5 Å². The van der Waals surface area contributed by atoms with E-state index in [1.807, 2.05) is 0 Å². The lowest BCUT2D eigenvalue weighted by Gasteiger charge is -2.32. The van der Waals surface area contributed by atoms with Crippen molar-refractivity contribution < 1.29 is 9.59 Å². The van der Waals surface area contributed by atoms with Gasteiger partial charge in [0.15, 0.2) is 0 Å². The third-order valence-corrected chi connectivity index (χ3v) is 4.38. The maximum Gasteiger partial charge on any atom is 0.263 e. The fourth-order valence-electron chi connectivity index (χ4n) is 3.18. The third-order valence-electron chi connectivity index (χ3n) is 4.38. The van der Waals surface area contributed by atoms with Gasteiger partial charge in [0.05, 0.1) is 6.54 Å².